The first-order valence-corrected chi connectivity index (χ1v) is 8.89. The Kier molecular flexibility index (Phi) is 3.56. The predicted octanol–water partition coefficient (Wildman–Crippen LogP) is 2.14. The highest BCUT2D eigenvalue weighted by Gasteiger charge is 2.45. The van der Waals surface area contributed by atoms with Crippen LogP contribution in [-0.2, 0) is 0 Å². The second-order valence-corrected chi connectivity index (χ2v) is 8.09. The minimum atomic E-state index is 0.0528. The number of hydrogen-bond acceptors (Lipinski definition) is 3. The molecule has 3 nitrogen and oxygen atoms in total. The monoisotopic (exact) mass is 278 g/mol. The Hall–Kier alpha value is -0.120. The van der Waals surface area contributed by atoms with E-state index in [1.807, 2.05) is 0 Å². The molecule has 4 saturated carbocycles. The molecular weight excluding hydrogens is 248 g/mol. The fourth-order valence-electron chi connectivity index (χ4n) is 4.03. The van der Waals surface area contributed by atoms with Crippen LogP contribution in [0.25, 0.3) is 0 Å². The highest BCUT2D eigenvalue weighted by atomic mass is 16.3. The Morgan fingerprint density at radius 1 is 0.950 bits per heavy atom. The van der Waals surface area contributed by atoms with Crippen molar-refractivity contribution in [2.45, 2.75) is 75.4 Å². The number of hydrogen-bond donors (Lipinski definition) is 2. The van der Waals surface area contributed by atoms with Crippen LogP contribution >= 0.6 is 0 Å². The lowest BCUT2D eigenvalue weighted by Crippen LogP contribution is -2.49. The average Bonchev–Trinajstić information content (AvgIpc) is 3.26. The first-order valence-electron chi connectivity index (χ1n) is 8.89. The summed E-state index contributed by atoms with van der Waals surface area (Å²) in [6.45, 7) is 3.01. The van der Waals surface area contributed by atoms with E-state index in [2.05, 4.69) is 10.2 Å². The van der Waals surface area contributed by atoms with Crippen LogP contribution in [0.3, 0.4) is 0 Å². The molecule has 0 heterocycles. The molecule has 0 aromatic carbocycles. The summed E-state index contributed by atoms with van der Waals surface area (Å²) in [6, 6.07) is 1.44. The summed E-state index contributed by atoms with van der Waals surface area (Å²) in [4.78, 5) is 2.81. The summed E-state index contributed by atoms with van der Waals surface area (Å²) in [7, 11) is 0. The van der Waals surface area contributed by atoms with E-state index >= 15 is 0 Å². The van der Waals surface area contributed by atoms with Crippen molar-refractivity contribution in [3.05, 3.63) is 0 Å². The molecule has 4 fully saturated rings. The summed E-state index contributed by atoms with van der Waals surface area (Å²) >= 11 is 0. The minimum Gasteiger partial charge on any atom is -0.394 e. The van der Waals surface area contributed by atoms with Crippen molar-refractivity contribution >= 4 is 0 Å². The highest BCUT2D eigenvalue weighted by molar-refractivity contribution is 5.03. The largest absolute Gasteiger partial charge is 0.394 e. The Morgan fingerprint density at radius 2 is 1.60 bits per heavy atom. The van der Waals surface area contributed by atoms with E-state index in [0.717, 1.165) is 17.9 Å². The predicted molar refractivity (Wildman–Crippen MR) is 80.6 cm³/mol. The Labute approximate surface area is 123 Å². The summed E-state index contributed by atoms with van der Waals surface area (Å²) in [5, 5.41) is 13.7. The molecule has 2 N–H and O–H groups in total. The van der Waals surface area contributed by atoms with Gasteiger partial charge in [-0.25, -0.2) is 0 Å². The zero-order valence-electron chi connectivity index (χ0n) is 12.7. The van der Waals surface area contributed by atoms with Crippen LogP contribution in [0.2, 0.25) is 0 Å². The molecule has 0 amide bonds. The molecule has 4 aliphatic carbocycles. The third-order valence-electron chi connectivity index (χ3n) is 5.87. The van der Waals surface area contributed by atoms with Gasteiger partial charge >= 0.3 is 0 Å². The summed E-state index contributed by atoms with van der Waals surface area (Å²) in [6.07, 6.45) is 12.1. The van der Waals surface area contributed by atoms with Crippen LogP contribution in [0.4, 0.5) is 0 Å². The van der Waals surface area contributed by atoms with Gasteiger partial charge in [-0.15, -0.1) is 0 Å². The van der Waals surface area contributed by atoms with Gasteiger partial charge in [0.1, 0.15) is 0 Å². The second-order valence-electron chi connectivity index (χ2n) is 8.09. The van der Waals surface area contributed by atoms with E-state index < -0.39 is 0 Å². The topological polar surface area (TPSA) is 35.5 Å². The van der Waals surface area contributed by atoms with E-state index in [1.54, 1.807) is 0 Å². The van der Waals surface area contributed by atoms with Crippen LogP contribution in [0.15, 0.2) is 0 Å². The third-order valence-corrected chi connectivity index (χ3v) is 5.87. The highest BCUT2D eigenvalue weighted by Crippen LogP contribution is 2.40. The van der Waals surface area contributed by atoms with Gasteiger partial charge in [-0.05, 0) is 69.6 Å². The lowest BCUT2D eigenvalue weighted by Gasteiger charge is -2.33. The van der Waals surface area contributed by atoms with Crippen LogP contribution in [0.1, 0.15) is 57.8 Å². The molecule has 0 bridgehead atoms. The van der Waals surface area contributed by atoms with Gasteiger partial charge in [0.2, 0.25) is 0 Å². The van der Waals surface area contributed by atoms with Crippen LogP contribution in [0.5, 0.6) is 0 Å². The van der Waals surface area contributed by atoms with Crippen molar-refractivity contribution in [3.63, 3.8) is 0 Å². The van der Waals surface area contributed by atoms with Crippen molar-refractivity contribution in [2.24, 2.45) is 11.8 Å². The van der Waals surface area contributed by atoms with E-state index in [0.29, 0.717) is 12.6 Å². The zero-order valence-corrected chi connectivity index (χ0v) is 12.7. The molecule has 3 heteroatoms. The number of aliphatic hydroxyl groups is 1. The van der Waals surface area contributed by atoms with Crippen molar-refractivity contribution in [2.75, 3.05) is 19.7 Å². The molecule has 4 aliphatic rings. The van der Waals surface area contributed by atoms with Crippen molar-refractivity contribution in [3.8, 4) is 0 Å². The van der Waals surface area contributed by atoms with Gasteiger partial charge in [-0.2, -0.15) is 0 Å². The fourth-order valence-corrected chi connectivity index (χ4v) is 4.03. The second kappa shape index (κ2) is 5.26. The van der Waals surface area contributed by atoms with Crippen LogP contribution in [0, 0.1) is 11.8 Å². The van der Waals surface area contributed by atoms with E-state index in [9.17, 15) is 5.11 Å². The quantitative estimate of drug-likeness (QED) is 0.714. The molecule has 0 spiro atoms. The number of rotatable bonds is 8. The van der Waals surface area contributed by atoms with E-state index in [4.69, 9.17) is 0 Å². The molecule has 0 aromatic rings. The maximum atomic E-state index is 9.90. The fraction of sp³-hybridized carbons (Fsp3) is 1.00. The third kappa shape index (κ3) is 3.20. The van der Waals surface area contributed by atoms with Crippen LogP contribution < -0.4 is 5.32 Å². The van der Waals surface area contributed by atoms with Crippen LogP contribution in [-0.4, -0.2) is 47.3 Å². The van der Waals surface area contributed by atoms with Gasteiger partial charge in [0.05, 0.1) is 6.61 Å². The molecule has 114 valence electrons. The summed E-state index contributed by atoms with van der Waals surface area (Å²) in [5.74, 6) is 1.99. The Balaban J connectivity index is 1.37. The minimum absolute atomic E-state index is 0.0528. The lowest BCUT2D eigenvalue weighted by atomic mass is 9.98. The molecular formula is C17H30N2O. The molecule has 2 atom stereocenters. The first-order chi connectivity index (χ1) is 9.76. The number of nitrogens with zero attached hydrogens (tertiary/aromatic N) is 1. The van der Waals surface area contributed by atoms with Gasteiger partial charge in [0.15, 0.2) is 0 Å². The van der Waals surface area contributed by atoms with Crippen molar-refractivity contribution in [1.82, 2.24) is 10.2 Å². The number of nitrogens with one attached hydrogen (secondary N) is 1. The molecule has 2 unspecified atom stereocenters. The molecule has 0 radical (unpaired) electrons. The standard InChI is InChI=1S/C17H30N2O/c20-12-17(18-15-5-6-15)8-7-16(9-17)19(10-13-1-2-13)11-14-3-4-14/h13-16,18,20H,1-12H2. The van der Waals surface area contributed by atoms with Gasteiger partial charge in [-0.3, -0.25) is 4.90 Å². The molecule has 0 saturated heterocycles. The maximum absolute atomic E-state index is 9.90. The number of aliphatic hydroxyl groups excluding tert-OH is 1. The first kappa shape index (κ1) is 13.5. The summed E-state index contributed by atoms with van der Waals surface area (Å²) in [5.41, 5.74) is 0.0528. The zero-order chi connectivity index (χ0) is 13.6. The van der Waals surface area contributed by atoms with Crippen molar-refractivity contribution in [1.29, 1.82) is 0 Å². The Bertz CT molecular complexity index is 335. The van der Waals surface area contributed by atoms with Gasteiger partial charge in [0, 0.05) is 30.7 Å². The van der Waals surface area contributed by atoms with E-state index in [1.165, 1.54) is 70.9 Å². The van der Waals surface area contributed by atoms with Crippen molar-refractivity contribution < 1.29 is 5.11 Å². The van der Waals surface area contributed by atoms with Gasteiger partial charge < -0.3 is 10.4 Å². The molecule has 0 aliphatic heterocycles. The SMILES string of the molecule is OCC1(NC2CC2)CCC(N(CC2CC2)CC2CC2)C1. The maximum Gasteiger partial charge on any atom is 0.0614 e. The van der Waals surface area contributed by atoms with E-state index in [-0.39, 0.29) is 5.54 Å². The molecule has 0 aromatic heterocycles. The summed E-state index contributed by atoms with van der Waals surface area (Å²) < 4.78 is 0. The van der Waals surface area contributed by atoms with Gasteiger partial charge in [0.25, 0.3) is 0 Å². The normalized spacial score (nSPS) is 37.8. The molecule has 4 rings (SSSR count). The average molecular weight is 278 g/mol. The molecule has 20 heavy (non-hydrogen) atoms. The lowest BCUT2D eigenvalue weighted by molar-refractivity contribution is 0.135. The smallest absolute Gasteiger partial charge is 0.0614 e. The van der Waals surface area contributed by atoms with Gasteiger partial charge in [-0.1, -0.05) is 0 Å². The Morgan fingerprint density at radius 3 is 2.10 bits per heavy atom.